The van der Waals surface area contributed by atoms with Gasteiger partial charge in [0, 0.05) is 30.0 Å². The molecule has 1 fully saturated rings. The second-order valence-corrected chi connectivity index (χ2v) is 8.05. The van der Waals surface area contributed by atoms with Gasteiger partial charge in [0.25, 0.3) is 0 Å². The van der Waals surface area contributed by atoms with Crippen LogP contribution >= 0.6 is 0 Å². The second-order valence-electron chi connectivity index (χ2n) is 8.05. The van der Waals surface area contributed by atoms with Crippen LogP contribution in [-0.2, 0) is 22.6 Å². The minimum absolute atomic E-state index is 0.0239. The van der Waals surface area contributed by atoms with Crippen molar-refractivity contribution in [3.8, 4) is 0 Å². The number of benzene rings is 2. The molecule has 5 rings (SSSR count). The molecule has 0 atom stereocenters. The maximum absolute atomic E-state index is 13.0. The standard InChI is InChI=1S/C25H24N2O4/c28-23(14-19-16-31-22-8-7-17-4-1-2-6-21(17)24(19)22)27-11-9-18(10-12-27)25(29)26-15-20-5-3-13-30-20/h1-8,13,16,18H,9-12,14-15H2,(H,26,29). The highest BCUT2D eigenvalue weighted by atomic mass is 16.3. The van der Waals surface area contributed by atoms with Crippen LogP contribution in [0.25, 0.3) is 21.7 Å². The first-order chi connectivity index (χ1) is 15.2. The summed E-state index contributed by atoms with van der Waals surface area (Å²) in [7, 11) is 0. The maximum Gasteiger partial charge on any atom is 0.227 e. The minimum atomic E-state index is -0.0716. The van der Waals surface area contributed by atoms with Crippen LogP contribution in [0.5, 0.6) is 0 Å². The Bertz CT molecular complexity index is 1220. The van der Waals surface area contributed by atoms with Crippen LogP contribution in [0.3, 0.4) is 0 Å². The molecule has 4 aromatic rings. The van der Waals surface area contributed by atoms with E-state index in [0.717, 1.165) is 33.1 Å². The van der Waals surface area contributed by atoms with Crippen molar-refractivity contribution in [1.82, 2.24) is 10.2 Å². The van der Waals surface area contributed by atoms with Crippen LogP contribution in [0.4, 0.5) is 0 Å². The first-order valence-electron chi connectivity index (χ1n) is 10.6. The van der Waals surface area contributed by atoms with E-state index in [1.807, 2.05) is 35.2 Å². The van der Waals surface area contributed by atoms with E-state index in [4.69, 9.17) is 8.83 Å². The minimum Gasteiger partial charge on any atom is -0.467 e. The highest BCUT2D eigenvalue weighted by Crippen LogP contribution is 2.30. The predicted molar refractivity (Wildman–Crippen MR) is 117 cm³/mol. The van der Waals surface area contributed by atoms with Crippen LogP contribution < -0.4 is 5.32 Å². The van der Waals surface area contributed by atoms with Gasteiger partial charge in [-0.1, -0.05) is 30.3 Å². The molecule has 0 radical (unpaired) electrons. The quantitative estimate of drug-likeness (QED) is 0.527. The number of rotatable bonds is 5. The van der Waals surface area contributed by atoms with Crippen molar-refractivity contribution in [2.24, 2.45) is 5.92 Å². The Morgan fingerprint density at radius 2 is 1.84 bits per heavy atom. The van der Waals surface area contributed by atoms with Crippen molar-refractivity contribution in [3.05, 3.63) is 72.4 Å². The Labute approximate surface area is 179 Å². The summed E-state index contributed by atoms with van der Waals surface area (Å²) in [5, 5.41) is 6.17. The molecule has 1 saturated heterocycles. The van der Waals surface area contributed by atoms with Gasteiger partial charge < -0.3 is 19.1 Å². The van der Waals surface area contributed by atoms with Crippen LogP contribution in [0, 0.1) is 5.92 Å². The van der Waals surface area contributed by atoms with Crippen LogP contribution in [0.1, 0.15) is 24.2 Å². The third-order valence-electron chi connectivity index (χ3n) is 6.12. The fourth-order valence-electron chi connectivity index (χ4n) is 4.40. The largest absolute Gasteiger partial charge is 0.467 e. The molecular weight excluding hydrogens is 392 g/mol. The van der Waals surface area contributed by atoms with E-state index < -0.39 is 0 Å². The van der Waals surface area contributed by atoms with Gasteiger partial charge in [-0.05, 0) is 41.8 Å². The van der Waals surface area contributed by atoms with Gasteiger partial charge in [-0.3, -0.25) is 9.59 Å². The number of furan rings is 2. The predicted octanol–water partition coefficient (Wildman–Crippen LogP) is 4.28. The number of hydrogen-bond acceptors (Lipinski definition) is 4. The first-order valence-corrected chi connectivity index (χ1v) is 10.6. The maximum atomic E-state index is 13.0. The third-order valence-corrected chi connectivity index (χ3v) is 6.12. The molecule has 0 saturated carbocycles. The summed E-state index contributed by atoms with van der Waals surface area (Å²) in [5.74, 6) is 0.763. The van der Waals surface area contributed by atoms with Crippen molar-refractivity contribution < 1.29 is 18.4 Å². The van der Waals surface area contributed by atoms with Gasteiger partial charge in [-0.2, -0.15) is 0 Å². The molecule has 6 nitrogen and oxygen atoms in total. The van der Waals surface area contributed by atoms with Gasteiger partial charge in [-0.15, -0.1) is 0 Å². The van der Waals surface area contributed by atoms with Gasteiger partial charge in [0.05, 0.1) is 25.5 Å². The molecule has 0 aliphatic carbocycles. The molecule has 2 amide bonds. The van der Waals surface area contributed by atoms with E-state index in [1.165, 1.54) is 0 Å². The number of carbonyl (C=O) groups is 2. The average molecular weight is 416 g/mol. The second kappa shape index (κ2) is 8.30. The number of nitrogens with zero attached hydrogens (tertiary/aromatic N) is 1. The van der Waals surface area contributed by atoms with Crippen molar-refractivity contribution in [3.63, 3.8) is 0 Å². The Balaban J connectivity index is 1.21. The number of fused-ring (bicyclic) bond motifs is 3. The molecule has 2 aromatic carbocycles. The molecule has 1 aliphatic heterocycles. The Morgan fingerprint density at radius 3 is 2.65 bits per heavy atom. The molecule has 2 aromatic heterocycles. The summed E-state index contributed by atoms with van der Waals surface area (Å²) < 4.78 is 11.0. The first kappa shape index (κ1) is 19.4. The highest BCUT2D eigenvalue weighted by Gasteiger charge is 2.28. The summed E-state index contributed by atoms with van der Waals surface area (Å²) in [6.45, 7) is 1.58. The Morgan fingerprint density at radius 1 is 1.00 bits per heavy atom. The van der Waals surface area contributed by atoms with Crippen molar-refractivity contribution in [2.45, 2.75) is 25.8 Å². The van der Waals surface area contributed by atoms with Crippen molar-refractivity contribution >= 4 is 33.6 Å². The lowest BCUT2D eigenvalue weighted by atomic mass is 9.95. The monoisotopic (exact) mass is 416 g/mol. The van der Waals surface area contributed by atoms with Crippen LogP contribution in [0.2, 0.25) is 0 Å². The van der Waals surface area contributed by atoms with Gasteiger partial charge >= 0.3 is 0 Å². The summed E-state index contributed by atoms with van der Waals surface area (Å²) >= 11 is 0. The van der Waals surface area contributed by atoms with Crippen LogP contribution in [-0.4, -0.2) is 29.8 Å². The molecule has 6 heteroatoms. The zero-order valence-corrected chi connectivity index (χ0v) is 17.2. The Hall–Kier alpha value is -3.54. The fraction of sp³-hybridized carbons (Fsp3) is 0.280. The van der Waals surface area contributed by atoms with Gasteiger partial charge in [0.1, 0.15) is 11.3 Å². The van der Waals surface area contributed by atoms with E-state index in [1.54, 1.807) is 18.6 Å². The summed E-state index contributed by atoms with van der Waals surface area (Å²) in [5.41, 5.74) is 1.71. The fourth-order valence-corrected chi connectivity index (χ4v) is 4.40. The van der Waals surface area contributed by atoms with E-state index in [0.29, 0.717) is 38.9 Å². The number of likely N-dealkylation sites (tertiary alicyclic amines) is 1. The van der Waals surface area contributed by atoms with E-state index in [9.17, 15) is 9.59 Å². The molecule has 1 aliphatic rings. The normalized spacial score (nSPS) is 14.9. The molecule has 0 unspecified atom stereocenters. The van der Waals surface area contributed by atoms with Crippen molar-refractivity contribution in [2.75, 3.05) is 13.1 Å². The molecule has 158 valence electrons. The molecular formula is C25H24N2O4. The topological polar surface area (TPSA) is 75.7 Å². The number of piperidine rings is 1. The van der Waals surface area contributed by atoms with E-state index in [-0.39, 0.29) is 17.7 Å². The summed E-state index contributed by atoms with van der Waals surface area (Å²) in [4.78, 5) is 27.3. The summed E-state index contributed by atoms with van der Waals surface area (Å²) in [6, 6.07) is 15.8. The van der Waals surface area contributed by atoms with Gasteiger partial charge in [0.15, 0.2) is 0 Å². The zero-order valence-electron chi connectivity index (χ0n) is 17.2. The number of amides is 2. The summed E-state index contributed by atoms with van der Waals surface area (Å²) in [6.07, 6.45) is 4.94. The molecule has 0 bridgehead atoms. The lowest BCUT2D eigenvalue weighted by Crippen LogP contribution is -2.43. The SMILES string of the molecule is O=C(NCc1ccco1)C1CCN(C(=O)Cc2coc3ccc4ccccc4c23)CC1. The molecule has 3 heterocycles. The Kier molecular flexibility index (Phi) is 5.20. The van der Waals surface area contributed by atoms with E-state index >= 15 is 0 Å². The average Bonchev–Trinajstić information content (AvgIpc) is 3.48. The smallest absolute Gasteiger partial charge is 0.227 e. The van der Waals surface area contributed by atoms with Gasteiger partial charge in [-0.25, -0.2) is 0 Å². The highest BCUT2D eigenvalue weighted by molar-refractivity contribution is 6.08. The van der Waals surface area contributed by atoms with Crippen molar-refractivity contribution in [1.29, 1.82) is 0 Å². The zero-order chi connectivity index (χ0) is 21.2. The number of carbonyl (C=O) groups excluding carboxylic acids is 2. The van der Waals surface area contributed by atoms with Crippen LogP contribution in [0.15, 0.2) is 69.9 Å². The van der Waals surface area contributed by atoms with E-state index in [2.05, 4.69) is 17.4 Å². The number of hydrogen-bond donors (Lipinski definition) is 1. The van der Waals surface area contributed by atoms with Gasteiger partial charge in [0.2, 0.25) is 11.8 Å². The third kappa shape index (κ3) is 3.93. The lowest BCUT2D eigenvalue weighted by Gasteiger charge is -2.31. The molecule has 1 N–H and O–H groups in total. The molecule has 31 heavy (non-hydrogen) atoms. The number of nitrogens with one attached hydrogen (secondary N) is 1. The molecule has 0 spiro atoms. The lowest BCUT2D eigenvalue weighted by molar-refractivity contribution is -0.135.